The van der Waals surface area contributed by atoms with E-state index in [0.29, 0.717) is 26.1 Å². The van der Waals surface area contributed by atoms with Gasteiger partial charge in [0.1, 0.15) is 5.92 Å². The normalized spacial score (nSPS) is 24.7. The lowest BCUT2D eigenvalue weighted by Gasteiger charge is -2.38. The average Bonchev–Trinajstić information content (AvgIpc) is 3.09. The van der Waals surface area contributed by atoms with Crippen LogP contribution in [0.1, 0.15) is 46.0 Å². The zero-order valence-electron chi connectivity index (χ0n) is 17.2. The summed E-state index contributed by atoms with van der Waals surface area (Å²) in [6.07, 6.45) is 4.07. The quantitative estimate of drug-likeness (QED) is 0.519. The number of amides is 3. The molecule has 0 spiro atoms. The van der Waals surface area contributed by atoms with E-state index in [0.717, 1.165) is 35.8 Å². The lowest BCUT2D eigenvalue weighted by molar-refractivity contribution is -0.144. The van der Waals surface area contributed by atoms with Crippen molar-refractivity contribution in [1.82, 2.24) is 10.2 Å². The summed E-state index contributed by atoms with van der Waals surface area (Å²) in [5.74, 6) is -1.11. The van der Waals surface area contributed by atoms with Gasteiger partial charge in [0.2, 0.25) is 17.7 Å². The van der Waals surface area contributed by atoms with Crippen molar-refractivity contribution in [2.75, 3.05) is 24.5 Å². The van der Waals surface area contributed by atoms with Gasteiger partial charge in [-0.1, -0.05) is 25.5 Å². The molecule has 3 amide bonds. The molecule has 0 saturated carbocycles. The molecule has 0 bridgehead atoms. The van der Waals surface area contributed by atoms with Crippen molar-refractivity contribution < 1.29 is 14.4 Å². The number of nitrogens with zero attached hydrogens (tertiary/aromatic N) is 2. The number of piperidine rings is 1. The molecule has 158 valence electrons. The summed E-state index contributed by atoms with van der Waals surface area (Å²) in [6, 6.07) is 7.61. The number of hydrogen-bond acceptors (Lipinski definition) is 3. The minimum absolute atomic E-state index is 0.0238. The molecule has 3 unspecified atom stereocenters. The first-order chi connectivity index (χ1) is 13.9. The number of unbranched alkanes of at least 4 members (excludes halogenated alkanes) is 1. The van der Waals surface area contributed by atoms with Gasteiger partial charge >= 0.3 is 0 Å². The predicted molar refractivity (Wildman–Crippen MR) is 116 cm³/mol. The van der Waals surface area contributed by atoms with Crippen LogP contribution in [0, 0.1) is 11.8 Å². The summed E-state index contributed by atoms with van der Waals surface area (Å²) in [6.45, 7) is 5.70. The Morgan fingerprint density at radius 1 is 1.21 bits per heavy atom. The van der Waals surface area contributed by atoms with E-state index in [4.69, 9.17) is 0 Å². The Balaban J connectivity index is 1.66. The van der Waals surface area contributed by atoms with Crippen LogP contribution in [0.2, 0.25) is 0 Å². The molecule has 2 saturated heterocycles. The second-order valence-electron chi connectivity index (χ2n) is 8.04. The van der Waals surface area contributed by atoms with Gasteiger partial charge in [0.05, 0.1) is 11.6 Å². The molecular formula is C22H30BrN3O3. The summed E-state index contributed by atoms with van der Waals surface area (Å²) in [7, 11) is 0. The van der Waals surface area contributed by atoms with Gasteiger partial charge in [-0.05, 0) is 60.7 Å². The van der Waals surface area contributed by atoms with E-state index in [9.17, 15) is 14.4 Å². The van der Waals surface area contributed by atoms with E-state index in [-0.39, 0.29) is 29.7 Å². The molecule has 2 aliphatic rings. The number of nitrogens with one attached hydrogen (secondary N) is 1. The number of likely N-dealkylation sites (tertiary alicyclic amines) is 1. The van der Waals surface area contributed by atoms with Crippen molar-refractivity contribution in [3.05, 3.63) is 28.7 Å². The van der Waals surface area contributed by atoms with Crippen LogP contribution < -0.4 is 10.2 Å². The third-order valence-electron chi connectivity index (χ3n) is 6.01. The van der Waals surface area contributed by atoms with E-state index in [1.54, 1.807) is 9.80 Å². The van der Waals surface area contributed by atoms with Gasteiger partial charge in [-0.25, -0.2) is 0 Å². The number of anilines is 1. The lowest BCUT2D eigenvalue weighted by atomic mass is 9.91. The fourth-order valence-electron chi connectivity index (χ4n) is 4.18. The van der Waals surface area contributed by atoms with Gasteiger partial charge in [-0.3, -0.25) is 14.4 Å². The first kappa shape index (κ1) is 21.8. The topological polar surface area (TPSA) is 69.7 Å². The Labute approximate surface area is 181 Å². The third kappa shape index (κ3) is 4.82. The third-order valence-corrected chi connectivity index (χ3v) is 6.68. The molecular weight excluding hydrogens is 434 g/mol. The van der Waals surface area contributed by atoms with Crippen LogP contribution in [0.25, 0.3) is 0 Å². The van der Waals surface area contributed by atoms with E-state index in [2.05, 4.69) is 28.2 Å². The van der Waals surface area contributed by atoms with Gasteiger partial charge in [-0.15, -0.1) is 0 Å². The summed E-state index contributed by atoms with van der Waals surface area (Å²) < 4.78 is 0.844. The largest absolute Gasteiger partial charge is 0.356 e. The monoisotopic (exact) mass is 463 g/mol. The lowest BCUT2D eigenvalue weighted by Crippen LogP contribution is -2.52. The van der Waals surface area contributed by atoms with E-state index in [1.807, 2.05) is 31.2 Å². The van der Waals surface area contributed by atoms with Gasteiger partial charge < -0.3 is 15.1 Å². The molecule has 1 aromatic carbocycles. The number of para-hydroxylation sites is 1. The highest BCUT2D eigenvalue weighted by Gasteiger charge is 2.43. The zero-order valence-corrected chi connectivity index (χ0v) is 18.8. The van der Waals surface area contributed by atoms with Crippen LogP contribution in [0.4, 0.5) is 5.69 Å². The number of hydrogen-bond donors (Lipinski definition) is 1. The molecule has 0 aromatic heterocycles. The zero-order chi connectivity index (χ0) is 21.0. The Kier molecular flexibility index (Phi) is 7.33. The van der Waals surface area contributed by atoms with Crippen molar-refractivity contribution in [3.63, 3.8) is 0 Å². The second kappa shape index (κ2) is 9.74. The molecule has 0 radical (unpaired) electrons. The summed E-state index contributed by atoms with van der Waals surface area (Å²) in [5.41, 5.74) is 0.799. The van der Waals surface area contributed by atoms with Crippen molar-refractivity contribution in [2.24, 2.45) is 11.8 Å². The van der Waals surface area contributed by atoms with E-state index < -0.39 is 5.92 Å². The maximum absolute atomic E-state index is 13.2. The van der Waals surface area contributed by atoms with Crippen molar-refractivity contribution in [3.8, 4) is 0 Å². The minimum Gasteiger partial charge on any atom is -0.356 e. The number of carbonyl (C=O) groups excluding carboxylic acids is 3. The van der Waals surface area contributed by atoms with Crippen LogP contribution in [-0.2, 0) is 14.4 Å². The molecule has 2 fully saturated rings. The first-order valence-corrected chi connectivity index (χ1v) is 11.4. The number of benzene rings is 1. The van der Waals surface area contributed by atoms with Crippen LogP contribution >= 0.6 is 15.9 Å². The molecule has 7 heteroatoms. The number of carbonyl (C=O) groups is 3. The van der Waals surface area contributed by atoms with Crippen molar-refractivity contribution >= 4 is 39.3 Å². The van der Waals surface area contributed by atoms with Crippen molar-refractivity contribution in [2.45, 2.75) is 52.0 Å². The highest BCUT2D eigenvalue weighted by Crippen LogP contribution is 2.33. The number of rotatable bonds is 6. The standard InChI is InChI=1S/C22H30BrN3O3/c1-3-4-12-24-20(27)16-10-9-15(2)26(14-16)22(29)17-11-13-25(21(17)28)19-8-6-5-7-18(19)23/h5-8,15-17H,3-4,9-14H2,1-2H3,(H,24,27). The van der Waals surface area contributed by atoms with Crippen LogP contribution in [0.3, 0.4) is 0 Å². The maximum atomic E-state index is 13.2. The Morgan fingerprint density at radius 2 is 1.97 bits per heavy atom. The maximum Gasteiger partial charge on any atom is 0.239 e. The minimum atomic E-state index is -0.661. The summed E-state index contributed by atoms with van der Waals surface area (Å²) in [5, 5.41) is 2.98. The van der Waals surface area contributed by atoms with Crippen LogP contribution in [0.15, 0.2) is 28.7 Å². The molecule has 0 aliphatic carbocycles. The summed E-state index contributed by atoms with van der Waals surface area (Å²) in [4.78, 5) is 42.2. The molecule has 2 heterocycles. The van der Waals surface area contributed by atoms with Gasteiger partial charge in [0.25, 0.3) is 0 Å². The fraction of sp³-hybridized carbons (Fsp3) is 0.591. The van der Waals surface area contributed by atoms with Gasteiger partial charge in [0.15, 0.2) is 0 Å². The molecule has 6 nitrogen and oxygen atoms in total. The van der Waals surface area contributed by atoms with E-state index in [1.165, 1.54) is 0 Å². The highest BCUT2D eigenvalue weighted by molar-refractivity contribution is 9.10. The number of halogens is 1. The van der Waals surface area contributed by atoms with Gasteiger partial charge in [-0.2, -0.15) is 0 Å². The highest BCUT2D eigenvalue weighted by atomic mass is 79.9. The Morgan fingerprint density at radius 3 is 2.69 bits per heavy atom. The SMILES string of the molecule is CCCCNC(=O)C1CCC(C)N(C(=O)C2CCN(c3ccccc3Br)C2=O)C1. The Bertz CT molecular complexity index is 769. The van der Waals surface area contributed by atoms with Crippen LogP contribution in [0.5, 0.6) is 0 Å². The molecule has 3 atom stereocenters. The fourth-order valence-corrected chi connectivity index (χ4v) is 4.68. The van der Waals surface area contributed by atoms with E-state index >= 15 is 0 Å². The molecule has 1 aromatic rings. The van der Waals surface area contributed by atoms with Crippen molar-refractivity contribution in [1.29, 1.82) is 0 Å². The first-order valence-electron chi connectivity index (χ1n) is 10.6. The van der Waals surface area contributed by atoms with Gasteiger partial charge in [0, 0.05) is 30.1 Å². The molecule has 1 N–H and O–H groups in total. The predicted octanol–water partition coefficient (Wildman–Crippen LogP) is 3.35. The Hall–Kier alpha value is -1.89. The molecule has 29 heavy (non-hydrogen) atoms. The second-order valence-corrected chi connectivity index (χ2v) is 8.90. The molecule has 3 rings (SSSR count). The van der Waals surface area contributed by atoms with Crippen LogP contribution in [-0.4, -0.2) is 48.3 Å². The smallest absolute Gasteiger partial charge is 0.239 e. The molecule has 2 aliphatic heterocycles. The summed E-state index contributed by atoms with van der Waals surface area (Å²) >= 11 is 3.49. The average molecular weight is 464 g/mol.